The Morgan fingerprint density at radius 3 is 2.31 bits per heavy atom. The van der Waals surface area contributed by atoms with Crippen LogP contribution in [0.25, 0.3) is 0 Å². The highest BCUT2D eigenvalue weighted by atomic mass is 31.0. The molecule has 1 fully saturated rings. The van der Waals surface area contributed by atoms with Crippen molar-refractivity contribution < 1.29 is 0 Å². The number of fused-ring (bicyclic) bond motifs is 3. The molecule has 3 rings (SSSR count). The Morgan fingerprint density at radius 1 is 0.938 bits per heavy atom. The Morgan fingerprint density at radius 2 is 1.56 bits per heavy atom. The van der Waals surface area contributed by atoms with E-state index in [2.05, 4.69) is 54.9 Å². The van der Waals surface area contributed by atoms with E-state index in [1.54, 1.807) is 0 Å². The van der Waals surface area contributed by atoms with Crippen molar-refractivity contribution >= 4 is 18.5 Å². The average molecular weight is 249 g/mol. The highest BCUT2D eigenvalue weighted by Gasteiger charge is 2.45. The van der Waals surface area contributed by atoms with Crippen LogP contribution in [0.5, 0.6) is 0 Å². The first-order chi connectivity index (χ1) is 7.66. The van der Waals surface area contributed by atoms with Crippen LogP contribution in [0, 0.1) is 23.7 Å². The van der Waals surface area contributed by atoms with Crippen molar-refractivity contribution in [2.24, 2.45) is 29.4 Å². The third-order valence-electron chi connectivity index (χ3n) is 4.01. The molecule has 0 aromatic heterocycles. The second kappa shape index (κ2) is 3.83. The van der Waals surface area contributed by atoms with Crippen LogP contribution < -0.4 is 5.73 Å². The fourth-order valence-electron chi connectivity index (χ4n) is 3.24. The van der Waals surface area contributed by atoms with E-state index in [4.69, 9.17) is 5.73 Å². The van der Waals surface area contributed by atoms with Gasteiger partial charge in [-0.25, -0.2) is 0 Å². The van der Waals surface area contributed by atoms with Crippen LogP contribution in [0.1, 0.15) is 0 Å². The van der Waals surface area contributed by atoms with E-state index in [0.717, 1.165) is 5.70 Å². The van der Waals surface area contributed by atoms with Crippen molar-refractivity contribution in [3.63, 3.8) is 0 Å². The predicted molar refractivity (Wildman–Crippen MR) is 75.8 cm³/mol. The van der Waals surface area contributed by atoms with E-state index < -0.39 is 0 Å². The molecule has 3 aliphatic rings. The Balaban J connectivity index is 1.99. The van der Waals surface area contributed by atoms with Crippen molar-refractivity contribution in [1.82, 2.24) is 0 Å². The molecule has 0 aromatic carbocycles. The molecule has 84 valence electrons. The second-order valence-electron chi connectivity index (χ2n) is 4.94. The smallest absolute Gasteiger partial charge is 0.0273 e. The highest BCUT2D eigenvalue weighted by Crippen LogP contribution is 2.51. The summed E-state index contributed by atoms with van der Waals surface area (Å²) in [5.41, 5.74) is 7.43. The number of nitrogens with two attached hydrogens (primary N) is 1. The lowest BCUT2D eigenvalue weighted by atomic mass is 9.82. The topological polar surface area (TPSA) is 26.0 Å². The largest absolute Gasteiger partial charge is 0.399 e. The summed E-state index contributed by atoms with van der Waals surface area (Å²) in [6.45, 7) is 0. The molecule has 16 heavy (non-hydrogen) atoms. The van der Waals surface area contributed by atoms with Crippen LogP contribution in [-0.2, 0) is 0 Å². The van der Waals surface area contributed by atoms with Crippen LogP contribution >= 0.6 is 18.5 Å². The fraction of sp³-hybridized carbons (Fsp3) is 0.385. The van der Waals surface area contributed by atoms with Gasteiger partial charge in [-0.3, -0.25) is 0 Å². The first-order valence-corrected chi connectivity index (χ1v) is 6.98. The van der Waals surface area contributed by atoms with Gasteiger partial charge in [0.25, 0.3) is 0 Å². The summed E-state index contributed by atoms with van der Waals surface area (Å²) in [6, 6.07) is 0. The highest BCUT2D eigenvalue weighted by molar-refractivity contribution is 7.23. The van der Waals surface area contributed by atoms with Crippen molar-refractivity contribution in [3.05, 3.63) is 47.5 Å². The molecule has 0 bridgehead atoms. The van der Waals surface area contributed by atoms with E-state index in [9.17, 15) is 0 Å². The lowest BCUT2D eigenvalue weighted by Crippen LogP contribution is -2.18. The minimum absolute atomic E-state index is 0.585. The van der Waals surface area contributed by atoms with Gasteiger partial charge in [-0.1, -0.05) is 30.4 Å². The molecule has 0 heterocycles. The van der Waals surface area contributed by atoms with E-state index >= 15 is 0 Å². The minimum Gasteiger partial charge on any atom is -0.399 e. The quantitative estimate of drug-likeness (QED) is 0.656. The molecular weight excluding hydrogens is 232 g/mol. The zero-order valence-electron chi connectivity index (χ0n) is 9.08. The van der Waals surface area contributed by atoms with Gasteiger partial charge in [0.15, 0.2) is 0 Å². The number of hydrogen-bond acceptors (Lipinski definition) is 1. The standard InChI is InChI=1S/C13H17NP2/c14-7-1-3-9-10-4-2-8(15)6-12(10)13(16)11(9)5-7/h1-6,9-13H,14-16H2. The normalized spacial score (nSPS) is 44.8. The third kappa shape index (κ3) is 1.53. The van der Waals surface area contributed by atoms with Crippen molar-refractivity contribution in [2.75, 3.05) is 0 Å². The van der Waals surface area contributed by atoms with Crippen LogP contribution in [0.4, 0.5) is 0 Å². The van der Waals surface area contributed by atoms with E-state index in [1.165, 1.54) is 5.31 Å². The molecule has 0 aliphatic heterocycles. The van der Waals surface area contributed by atoms with Crippen LogP contribution in [0.3, 0.4) is 0 Å². The van der Waals surface area contributed by atoms with Gasteiger partial charge in [-0.15, -0.1) is 18.5 Å². The molecular formula is C13H17NP2. The Labute approximate surface area is 101 Å². The van der Waals surface area contributed by atoms with Crippen LogP contribution in [-0.4, -0.2) is 5.66 Å². The lowest BCUT2D eigenvalue weighted by Gasteiger charge is -2.23. The van der Waals surface area contributed by atoms with Gasteiger partial charge < -0.3 is 5.73 Å². The van der Waals surface area contributed by atoms with Crippen LogP contribution in [0.2, 0.25) is 0 Å². The number of hydrogen-bond donors (Lipinski definition) is 1. The summed E-state index contributed by atoms with van der Waals surface area (Å²) in [5, 5.41) is 1.31. The summed E-state index contributed by atoms with van der Waals surface area (Å²) in [7, 11) is 5.83. The second-order valence-corrected chi connectivity index (χ2v) is 6.37. The molecule has 1 nitrogen and oxygen atoms in total. The van der Waals surface area contributed by atoms with Gasteiger partial charge in [0.1, 0.15) is 0 Å². The lowest BCUT2D eigenvalue weighted by molar-refractivity contribution is 0.459. The Hall–Kier alpha value is -0.380. The van der Waals surface area contributed by atoms with Gasteiger partial charge in [0, 0.05) is 5.70 Å². The molecule has 2 N–H and O–H groups in total. The number of allylic oxidation sites excluding steroid dienone is 7. The molecule has 0 spiro atoms. The summed E-state index contributed by atoms with van der Waals surface area (Å²) in [5.74, 6) is 2.51. The minimum atomic E-state index is 0.585. The third-order valence-corrected chi connectivity index (χ3v) is 5.29. The summed E-state index contributed by atoms with van der Waals surface area (Å²) in [6.07, 6.45) is 13.6. The maximum atomic E-state index is 5.90. The maximum absolute atomic E-state index is 5.90. The molecule has 0 aromatic rings. The molecule has 0 amide bonds. The Kier molecular flexibility index (Phi) is 2.57. The van der Waals surface area contributed by atoms with Crippen molar-refractivity contribution in [2.45, 2.75) is 5.66 Å². The number of rotatable bonds is 0. The molecule has 1 saturated carbocycles. The van der Waals surface area contributed by atoms with Gasteiger partial charge in [0.05, 0.1) is 0 Å². The van der Waals surface area contributed by atoms with Crippen molar-refractivity contribution in [1.29, 1.82) is 0 Å². The summed E-state index contributed by atoms with van der Waals surface area (Å²) >= 11 is 0. The SMILES string of the molecule is NC1=CC2C(P)C3C=C(P)C=CC3C2C=C1. The van der Waals surface area contributed by atoms with E-state index in [0.29, 0.717) is 29.3 Å². The molecule has 0 saturated heterocycles. The molecule has 0 radical (unpaired) electrons. The molecule has 3 heteroatoms. The molecule has 3 aliphatic carbocycles. The van der Waals surface area contributed by atoms with Crippen molar-refractivity contribution in [3.8, 4) is 0 Å². The average Bonchev–Trinajstić information content (AvgIpc) is 2.53. The van der Waals surface area contributed by atoms with Gasteiger partial charge in [0.2, 0.25) is 0 Å². The maximum Gasteiger partial charge on any atom is 0.0273 e. The zero-order chi connectivity index (χ0) is 11.3. The van der Waals surface area contributed by atoms with Gasteiger partial charge >= 0.3 is 0 Å². The van der Waals surface area contributed by atoms with E-state index in [1.807, 2.05) is 0 Å². The van der Waals surface area contributed by atoms with Gasteiger partial charge in [-0.2, -0.15) is 0 Å². The van der Waals surface area contributed by atoms with Gasteiger partial charge in [-0.05, 0) is 40.7 Å². The zero-order valence-corrected chi connectivity index (χ0v) is 11.4. The van der Waals surface area contributed by atoms with Crippen LogP contribution in [0.15, 0.2) is 47.5 Å². The molecule has 7 unspecified atom stereocenters. The first-order valence-electron chi connectivity index (χ1n) is 5.73. The Bertz CT molecular complexity index is 389. The monoisotopic (exact) mass is 249 g/mol. The molecule has 7 atom stereocenters. The van der Waals surface area contributed by atoms with E-state index in [-0.39, 0.29) is 0 Å². The summed E-state index contributed by atoms with van der Waals surface area (Å²) in [4.78, 5) is 0. The first kappa shape index (κ1) is 10.8. The summed E-state index contributed by atoms with van der Waals surface area (Å²) < 4.78 is 0. The fourth-order valence-corrected chi connectivity index (χ4v) is 4.31. The predicted octanol–water partition coefficient (Wildman–Crippen LogP) is 2.45.